The predicted octanol–water partition coefficient (Wildman–Crippen LogP) is 1.56. The topological polar surface area (TPSA) is 110 Å². The number of anilines is 1. The van der Waals surface area contributed by atoms with Crippen LogP contribution < -0.4 is 16.0 Å². The first-order valence-corrected chi connectivity index (χ1v) is 8.26. The monoisotopic (exact) mass is 371 g/mol. The first kappa shape index (κ1) is 15.8. The molecule has 2 rings (SSSR count). The van der Waals surface area contributed by atoms with Crippen LogP contribution in [0.3, 0.4) is 0 Å². The second kappa shape index (κ2) is 6.48. The van der Waals surface area contributed by atoms with Gasteiger partial charge in [0.15, 0.2) is 0 Å². The van der Waals surface area contributed by atoms with Gasteiger partial charge in [-0.1, -0.05) is 28.1 Å². The van der Waals surface area contributed by atoms with Crippen LogP contribution >= 0.6 is 15.9 Å². The normalized spacial score (nSPS) is 12.9. The van der Waals surface area contributed by atoms with Crippen molar-refractivity contribution in [2.75, 3.05) is 5.43 Å². The number of hydrogen-bond donors (Lipinski definition) is 3. The van der Waals surface area contributed by atoms with E-state index >= 15 is 0 Å². The summed E-state index contributed by atoms with van der Waals surface area (Å²) in [6, 6.07) is 7.02. The molecule has 1 aromatic heterocycles. The van der Waals surface area contributed by atoms with E-state index in [1.165, 1.54) is 12.4 Å². The standard InChI is InChI=1S/C12H14BrN5O2S/c1-8(9-3-2-4-10(13)5-9)18-21(19,20)11-6-15-12(17-14)16-7-11/h2-8,18H,14H2,1H3,(H,15,16,17). The lowest BCUT2D eigenvalue weighted by molar-refractivity contribution is 0.566. The van der Waals surface area contributed by atoms with Gasteiger partial charge in [0, 0.05) is 10.5 Å². The van der Waals surface area contributed by atoms with Crippen LogP contribution in [0.5, 0.6) is 0 Å². The maximum absolute atomic E-state index is 12.2. The molecular formula is C12H14BrN5O2S. The number of nitrogens with two attached hydrogens (primary N) is 1. The average Bonchev–Trinajstić information content (AvgIpc) is 2.47. The van der Waals surface area contributed by atoms with Gasteiger partial charge in [-0.05, 0) is 24.6 Å². The number of nitrogen functional groups attached to an aromatic ring is 1. The van der Waals surface area contributed by atoms with Crippen LogP contribution in [-0.2, 0) is 10.0 Å². The van der Waals surface area contributed by atoms with Gasteiger partial charge in [-0.25, -0.2) is 29.0 Å². The lowest BCUT2D eigenvalue weighted by atomic mass is 10.1. The molecule has 9 heteroatoms. The fourth-order valence-electron chi connectivity index (χ4n) is 1.67. The van der Waals surface area contributed by atoms with Crippen molar-refractivity contribution in [2.24, 2.45) is 5.84 Å². The van der Waals surface area contributed by atoms with Crippen LogP contribution in [0.1, 0.15) is 18.5 Å². The van der Waals surface area contributed by atoms with Crippen molar-refractivity contribution in [1.82, 2.24) is 14.7 Å². The average molecular weight is 372 g/mol. The second-order valence-electron chi connectivity index (χ2n) is 4.28. The van der Waals surface area contributed by atoms with Crippen molar-refractivity contribution in [2.45, 2.75) is 17.9 Å². The van der Waals surface area contributed by atoms with Gasteiger partial charge < -0.3 is 0 Å². The highest BCUT2D eigenvalue weighted by atomic mass is 79.9. The number of sulfonamides is 1. The lowest BCUT2D eigenvalue weighted by Gasteiger charge is -2.14. The number of rotatable bonds is 5. The molecule has 0 amide bonds. The molecule has 0 spiro atoms. The molecule has 0 aliphatic carbocycles. The molecule has 1 aromatic carbocycles. The summed E-state index contributed by atoms with van der Waals surface area (Å²) in [4.78, 5) is 7.54. The van der Waals surface area contributed by atoms with E-state index in [0.29, 0.717) is 0 Å². The third-order valence-corrected chi connectivity index (χ3v) is 4.74. The Bertz CT molecular complexity index is 721. The van der Waals surface area contributed by atoms with Gasteiger partial charge in [0.1, 0.15) is 4.90 Å². The van der Waals surface area contributed by atoms with Crippen LogP contribution in [-0.4, -0.2) is 18.4 Å². The van der Waals surface area contributed by atoms with Crippen LogP contribution in [0, 0.1) is 0 Å². The minimum Gasteiger partial charge on any atom is -0.292 e. The molecule has 1 heterocycles. The zero-order chi connectivity index (χ0) is 15.5. The smallest absolute Gasteiger partial charge is 0.244 e. The zero-order valence-corrected chi connectivity index (χ0v) is 13.5. The van der Waals surface area contributed by atoms with Crippen molar-refractivity contribution < 1.29 is 8.42 Å². The number of aromatic nitrogens is 2. The number of halogens is 1. The molecular weight excluding hydrogens is 358 g/mol. The number of nitrogens with zero attached hydrogens (tertiary/aromatic N) is 2. The van der Waals surface area contributed by atoms with E-state index in [1.54, 1.807) is 6.92 Å². The van der Waals surface area contributed by atoms with Crippen molar-refractivity contribution in [3.05, 3.63) is 46.7 Å². The van der Waals surface area contributed by atoms with Crippen LogP contribution in [0.25, 0.3) is 0 Å². The molecule has 112 valence electrons. The maximum atomic E-state index is 12.2. The van der Waals surface area contributed by atoms with Gasteiger partial charge >= 0.3 is 0 Å². The zero-order valence-electron chi connectivity index (χ0n) is 11.1. The first-order valence-electron chi connectivity index (χ1n) is 5.99. The maximum Gasteiger partial charge on any atom is 0.244 e. The minimum atomic E-state index is -3.70. The van der Waals surface area contributed by atoms with E-state index in [0.717, 1.165) is 10.0 Å². The van der Waals surface area contributed by atoms with Gasteiger partial charge in [-0.2, -0.15) is 0 Å². The van der Waals surface area contributed by atoms with Crippen molar-refractivity contribution in [1.29, 1.82) is 0 Å². The molecule has 0 bridgehead atoms. The predicted molar refractivity (Wildman–Crippen MR) is 82.7 cm³/mol. The molecule has 0 saturated heterocycles. The summed E-state index contributed by atoms with van der Waals surface area (Å²) in [5.41, 5.74) is 3.08. The van der Waals surface area contributed by atoms with Gasteiger partial charge in [-0.3, -0.25) is 5.43 Å². The van der Waals surface area contributed by atoms with Crippen molar-refractivity contribution >= 4 is 31.9 Å². The molecule has 0 aliphatic rings. The number of hydrogen-bond acceptors (Lipinski definition) is 6. The Morgan fingerprint density at radius 3 is 2.52 bits per heavy atom. The number of nitrogens with one attached hydrogen (secondary N) is 2. The third kappa shape index (κ3) is 3.97. The van der Waals surface area contributed by atoms with Crippen molar-refractivity contribution in [3.8, 4) is 0 Å². The van der Waals surface area contributed by atoms with Gasteiger partial charge in [0.05, 0.1) is 12.4 Å². The quantitative estimate of drug-likeness (QED) is 0.543. The number of benzene rings is 1. The van der Waals surface area contributed by atoms with E-state index < -0.39 is 10.0 Å². The molecule has 4 N–H and O–H groups in total. The summed E-state index contributed by atoms with van der Waals surface area (Å²) in [6.07, 6.45) is 2.39. The Kier molecular flexibility index (Phi) is 4.88. The third-order valence-electron chi connectivity index (χ3n) is 2.75. The first-order chi connectivity index (χ1) is 9.92. The van der Waals surface area contributed by atoms with E-state index in [4.69, 9.17) is 5.84 Å². The molecule has 21 heavy (non-hydrogen) atoms. The Hall–Kier alpha value is -1.55. The summed E-state index contributed by atoms with van der Waals surface area (Å²) in [6.45, 7) is 1.76. The van der Waals surface area contributed by atoms with Crippen LogP contribution in [0.2, 0.25) is 0 Å². The van der Waals surface area contributed by atoms with Gasteiger partial charge in [-0.15, -0.1) is 0 Å². The molecule has 0 radical (unpaired) electrons. The van der Waals surface area contributed by atoms with Crippen LogP contribution in [0.15, 0.2) is 46.0 Å². The van der Waals surface area contributed by atoms with Crippen molar-refractivity contribution in [3.63, 3.8) is 0 Å². The Morgan fingerprint density at radius 1 is 1.29 bits per heavy atom. The highest BCUT2D eigenvalue weighted by Crippen LogP contribution is 2.20. The Labute approximate surface area is 131 Å². The fourth-order valence-corrected chi connectivity index (χ4v) is 3.21. The highest BCUT2D eigenvalue weighted by Gasteiger charge is 2.19. The van der Waals surface area contributed by atoms with E-state index in [2.05, 4.69) is 36.0 Å². The SMILES string of the molecule is CC(NS(=O)(=O)c1cnc(NN)nc1)c1cccc(Br)c1. The Morgan fingerprint density at radius 2 is 1.95 bits per heavy atom. The molecule has 7 nitrogen and oxygen atoms in total. The molecule has 0 saturated carbocycles. The summed E-state index contributed by atoms with van der Waals surface area (Å²) in [5, 5.41) is 0. The Balaban J connectivity index is 2.20. The lowest BCUT2D eigenvalue weighted by Crippen LogP contribution is -2.27. The molecule has 0 fully saturated rings. The summed E-state index contributed by atoms with van der Waals surface area (Å²) < 4.78 is 27.9. The largest absolute Gasteiger partial charge is 0.292 e. The molecule has 2 aromatic rings. The van der Waals surface area contributed by atoms with E-state index in [9.17, 15) is 8.42 Å². The van der Waals surface area contributed by atoms with Gasteiger partial charge in [0.25, 0.3) is 0 Å². The summed E-state index contributed by atoms with van der Waals surface area (Å²) in [7, 11) is -3.70. The summed E-state index contributed by atoms with van der Waals surface area (Å²) >= 11 is 3.35. The van der Waals surface area contributed by atoms with Crippen LogP contribution in [0.4, 0.5) is 5.95 Å². The molecule has 1 atom stereocenters. The minimum absolute atomic E-state index is 0.0247. The number of hydrazine groups is 1. The molecule has 0 aliphatic heterocycles. The van der Waals surface area contributed by atoms with E-state index in [-0.39, 0.29) is 16.9 Å². The van der Waals surface area contributed by atoms with Gasteiger partial charge in [0.2, 0.25) is 16.0 Å². The highest BCUT2D eigenvalue weighted by molar-refractivity contribution is 9.10. The second-order valence-corrected chi connectivity index (χ2v) is 6.91. The molecule has 1 unspecified atom stereocenters. The van der Waals surface area contributed by atoms with E-state index in [1.807, 2.05) is 24.3 Å². The summed E-state index contributed by atoms with van der Waals surface area (Å²) in [5.74, 6) is 5.28. The fraction of sp³-hybridized carbons (Fsp3) is 0.167.